The highest BCUT2D eigenvalue weighted by Gasteiger charge is 2.32. The first-order valence-corrected chi connectivity index (χ1v) is 8.52. The Hall–Kier alpha value is -2.82. The van der Waals surface area contributed by atoms with E-state index in [2.05, 4.69) is 22.8 Å². The first kappa shape index (κ1) is 17.0. The lowest BCUT2D eigenvalue weighted by molar-refractivity contribution is 0.0697. The van der Waals surface area contributed by atoms with Crippen LogP contribution in [0.25, 0.3) is 0 Å². The van der Waals surface area contributed by atoms with Crippen molar-refractivity contribution in [2.45, 2.75) is 31.8 Å². The maximum Gasteiger partial charge on any atom is 0.335 e. The summed E-state index contributed by atoms with van der Waals surface area (Å²) in [6.45, 7) is 0.370. The third-order valence-electron chi connectivity index (χ3n) is 4.46. The molecule has 0 spiro atoms. The minimum Gasteiger partial charge on any atom is -0.478 e. The van der Waals surface area contributed by atoms with Crippen LogP contribution in [-0.4, -0.2) is 23.1 Å². The SMILES string of the molecule is O=C(NCc1ccc(C(=O)O)cc1)NC(Cc1ccccc1)C1CC1. The summed E-state index contributed by atoms with van der Waals surface area (Å²) in [6, 6.07) is 16.7. The normalized spacial score (nSPS) is 14.6. The van der Waals surface area contributed by atoms with Crippen molar-refractivity contribution in [3.63, 3.8) is 0 Å². The van der Waals surface area contributed by atoms with E-state index in [0.29, 0.717) is 12.5 Å². The Bertz CT molecular complexity index is 724. The fourth-order valence-corrected chi connectivity index (χ4v) is 2.87. The molecule has 130 valence electrons. The van der Waals surface area contributed by atoms with Gasteiger partial charge in [0.25, 0.3) is 0 Å². The molecule has 3 rings (SSSR count). The topological polar surface area (TPSA) is 78.4 Å². The smallest absolute Gasteiger partial charge is 0.335 e. The van der Waals surface area contributed by atoms with Crippen LogP contribution >= 0.6 is 0 Å². The lowest BCUT2D eigenvalue weighted by Crippen LogP contribution is -2.44. The van der Waals surface area contributed by atoms with Gasteiger partial charge in [0.15, 0.2) is 0 Å². The third kappa shape index (κ3) is 5.08. The molecule has 0 saturated heterocycles. The molecule has 2 aromatic carbocycles. The van der Waals surface area contributed by atoms with Gasteiger partial charge in [-0.05, 0) is 48.4 Å². The number of hydrogen-bond donors (Lipinski definition) is 3. The van der Waals surface area contributed by atoms with Crippen LogP contribution in [0.1, 0.15) is 34.3 Å². The van der Waals surface area contributed by atoms with Gasteiger partial charge in [-0.2, -0.15) is 0 Å². The number of carboxylic acids is 1. The van der Waals surface area contributed by atoms with Crippen LogP contribution in [0.5, 0.6) is 0 Å². The highest BCUT2D eigenvalue weighted by Crippen LogP contribution is 2.34. The molecule has 1 aliphatic rings. The van der Waals surface area contributed by atoms with Crippen molar-refractivity contribution in [2.24, 2.45) is 5.92 Å². The van der Waals surface area contributed by atoms with Crippen LogP contribution in [0.15, 0.2) is 54.6 Å². The number of rotatable bonds is 7. The number of hydrogen-bond acceptors (Lipinski definition) is 2. The second kappa shape index (κ2) is 7.83. The van der Waals surface area contributed by atoms with E-state index in [4.69, 9.17) is 5.11 Å². The quantitative estimate of drug-likeness (QED) is 0.725. The summed E-state index contributed by atoms with van der Waals surface area (Å²) >= 11 is 0. The van der Waals surface area contributed by atoms with Crippen LogP contribution < -0.4 is 10.6 Å². The van der Waals surface area contributed by atoms with Crippen molar-refractivity contribution in [2.75, 3.05) is 0 Å². The molecular formula is C20H22N2O3. The van der Waals surface area contributed by atoms with E-state index in [1.165, 1.54) is 5.56 Å². The van der Waals surface area contributed by atoms with Gasteiger partial charge in [-0.25, -0.2) is 9.59 Å². The lowest BCUT2D eigenvalue weighted by atomic mass is 10.0. The van der Waals surface area contributed by atoms with Crippen LogP contribution in [0.3, 0.4) is 0 Å². The molecule has 5 heteroatoms. The Morgan fingerprint density at radius 3 is 2.28 bits per heavy atom. The number of carboxylic acid groups (broad SMARTS) is 1. The fraction of sp³-hybridized carbons (Fsp3) is 0.300. The molecule has 25 heavy (non-hydrogen) atoms. The van der Waals surface area contributed by atoms with Gasteiger partial charge in [-0.3, -0.25) is 0 Å². The molecule has 5 nitrogen and oxygen atoms in total. The van der Waals surface area contributed by atoms with Gasteiger partial charge in [0.1, 0.15) is 0 Å². The minimum atomic E-state index is -0.953. The van der Waals surface area contributed by atoms with Gasteiger partial charge in [0, 0.05) is 12.6 Å². The molecule has 1 fully saturated rings. The molecule has 1 atom stereocenters. The summed E-state index contributed by atoms with van der Waals surface area (Å²) in [4.78, 5) is 23.0. The number of benzene rings is 2. The second-order valence-electron chi connectivity index (χ2n) is 6.46. The van der Waals surface area contributed by atoms with Crippen LogP contribution in [-0.2, 0) is 13.0 Å². The largest absolute Gasteiger partial charge is 0.478 e. The van der Waals surface area contributed by atoms with Gasteiger partial charge < -0.3 is 15.7 Å². The zero-order valence-electron chi connectivity index (χ0n) is 13.9. The minimum absolute atomic E-state index is 0.150. The van der Waals surface area contributed by atoms with E-state index in [9.17, 15) is 9.59 Å². The molecule has 1 aliphatic carbocycles. The number of carbonyl (C=O) groups excluding carboxylic acids is 1. The maximum atomic E-state index is 12.2. The highest BCUT2D eigenvalue weighted by molar-refractivity contribution is 5.87. The van der Waals surface area contributed by atoms with Crippen molar-refractivity contribution in [3.8, 4) is 0 Å². The average Bonchev–Trinajstić information content (AvgIpc) is 3.46. The second-order valence-corrected chi connectivity index (χ2v) is 6.46. The van der Waals surface area contributed by atoms with E-state index >= 15 is 0 Å². The van der Waals surface area contributed by atoms with Crippen molar-refractivity contribution < 1.29 is 14.7 Å². The third-order valence-corrected chi connectivity index (χ3v) is 4.46. The molecule has 1 saturated carbocycles. The van der Waals surface area contributed by atoms with Crippen molar-refractivity contribution in [1.82, 2.24) is 10.6 Å². The van der Waals surface area contributed by atoms with Crippen molar-refractivity contribution in [3.05, 3.63) is 71.3 Å². The monoisotopic (exact) mass is 338 g/mol. The van der Waals surface area contributed by atoms with E-state index in [0.717, 1.165) is 24.8 Å². The molecule has 0 aromatic heterocycles. The molecule has 3 N–H and O–H groups in total. The number of aromatic carboxylic acids is 1. The Kier molecular flexibility index (Phi) is 5.33. The summed E-state index contributed by atoms with van der Waals surface area (Å²) in [7, 11) is 0. The van der Waals surface area contributed by atoms with Crippen LogP contribution in [0.2, 0.25) is 0 Å². The molecule has 1 unspecified atom stereocenters. The molecule has 0 radical (unpaired) electrons. The molecule has 2 aromatic rings. The van der Waals surface area contributed by atoms with Gasteiger partial charge >= 0.3 is 12.0 Å². The van der Waals surface area contributed by atoms with Gasteiger partial charge in [0.2, 0.25) is 0 Å². The molecule has 0 heterocycles. The molecule has 0 bridgehead atoms. The maximum absolute atomic E-state index is 12.2. The van der Waals surface area contributed by atoms with E-state index in [1.54, 1.807) is 24.3 Å². The number of nitrogens with one attached hydrogen (secondary N) is 2. The Balaban J connectivity index is 1.51. The zero-order valence-corrected chi connectivity index (χ0v) is 13.9. The predicted molar refractivity (Wildman–Crippen MR) is 95.4 cm³/mol. The summed E-state index contributed by atoms with van der Waals surface area (Å²) < 4.78 is 0. The highest BCUT2D eigenvalue weighted by atomic mass is 16.4. The van der Waals surface area contributed by atoms with Crippen molar-refractivity contribution >= 4 is 12.0 Å². The zero-order chi connectivity index (χ0) is 17.6. The Morgan fingerprint density at radius 2 is 1.68 bits per heavy atom. The standard InChI is InChI=1S/C20H22N2O3/c23-19(24)17-8-6-15(7-9-17)13-21-20(25)22-18(16-10-11-16)12-14-4-2-1-3-5-14/h1-9,16,18H,10-13H2,(H,23,24)(H2,21,22,25). The fourth-order valence-electron chi connectivity index (χ4n) is 2.87. The Morgan fingerprint density at radius 1 is 1.00 bits per heavy atom. The number of amides is 2. The molecule has 2 amide bonds. The van der Waals surface area contributed by atoms with Gasteiger partial charge in [0.05, 0.1) is 5.56 Å². The summed E-state index contributed by atoms with van der Waals surface area (Å²) in [5, 5.41) is 14.8. The number of urea groups is 1. The van der Waals surface area contributed by atoms with Gasteiger partial charge in [-0.1, -0.05) is 42.5 Å². The average molecular weight is 338 g/mol. The van der Waals surface area contributed by atoms with Crippen LogP contribution in [0.4, 0.5) is 4.79 Å². The first-order valence-electron chi connectivity index (χ1n) is 8.52. The Labute approximate surface area is 147 Å². The van der Waals surface area contributed by atoms with E-state index < -0.39 is 5.97 Å². The molecular weight excluding hydrogens is 316 g/mol. The van der Waals surface area contributed by atoms with Crippen LogP contribution in [0, 0.1) is 5.92 Å². The van der Waals surface area contributed by atoms with Gasteiger partial charge in [-0.15, -0.1) is 0 Å². The predicted octanol–water partition coefficient (Wildman–Crippen LogP) is 3.21. The molecule has 0 aliphatic heterocycles. The first-order chi connectivity index (χ1) is 12.1. The summed E-state index contributed by atoms with van der Waals surface area (Å²) in [5.41, 5.74) is 2.33. The summed E-state index contributed by atoms with van der Waals surface area (Å²) in [5.74, 6) is -0.397. The van der Waals surface area contributed by atoms with E-state index in [-0.39, 0.29) is 17.6 Å². The number of carbonyl (C=O) groups is 2. The van der Waals surface area contributed by atoms with Crippen molar-refractivity contribution in [1.29, 1.82) is 0 Å². The van der Waals surface area contributed by atoms with E-state index in [1.807, 2.05) is 18.2 Å². The summed E-state index contributed by atoms with van der Waals surface area (Å²) in [6.07, 6.45) is 3.16. The lowest BCUT2D eigenvalue weighted by Gasteiger charge is -2.19.